The summed E-state index contributed by atoms with van der Waals surface area (Å²) in [6.07, 6.45) is 2.12. The van der Waals surface area contributed by atoms with Gasteiger partial charge >= 0.3 is 5.63 Å². The molecule has 4 heteroatoms. The van der Waals surface area contributed by atoms with Crippen LogP contribution in [0.3, 0.4) is 0 Å². The van der Waals surface area contributed by atoms with Crippen molar-refractivity contribution in [2.75, 3.05) is 18.0 Å². The third-order valence-electron chi connectivity index (χ3n) is 3.06. The third-order valence-corrected chi connectivity index (χ3v) is 3.06. The molecular weight excluding hydrogens is 242 g/mol. The largest absolute Gasteiger partial charge is 0.507 e. The molecule has 0 aliphatic carbocycles. The maximum Gasteiger partial charge on any atom is 0.339 e. The fourth-order valence-electron chi connectivity index (χ4n) is 2.24. The fourth-order valence-corrected chi connectivity index (χ4v) is 2.24. The molecule has 4 nitrogen and oxygen atoms in total. The Bertz CT molecular complexity index is 612. The Kier molecular flexibility index (Phi) is 4.10. The third kappa shape index (κ3) is 2.89. The van der Waals surface area contributed by atoms with Crippen LogP contribution in [0.5, 0.6) is 5.75 Å². The highest BCUT2D eigenvalue weighted by Crippen LogP contribution is 2.27. The number of hydrogen-bond donors (Lipinski definition) is 1. The van der Waals surface area contributed by atoms with Gasteiger partial charge in [0.15, 0.2) is 0 Å². The second kappa shape index (κ2) is 5.78. The van der Waals surface area contributed by atoms with E-state index in [9.17, 15) is 9.90 Å². The van der Waals surface area contributed by atoms with Crippen LogP contribution < -0.4 is 10.5 Å². The number of fused-ring (bicyclic) bond motifs is 1. The van der Waals surface area contributed by atoms with Crippen molar-refractivity contribution < 1.29 is 9.52 Å². The zero-order valence-corrected chi connectivity index (χ0v) is 11.3. The molecule has 0 spiro atoms. The molecule has 1 N–H and O–H groups in total. The molecule has 0 bridgehead atoms. The number of nitrogens with zero attached hydrogens (tertiary/aromatic N) is 1. The van der Waals surface area contributed by atoms with E-state index in [4.69, 9.17) is 4.42 Å². The van der Waals surface area contributed by atoms with Crippen LogP contribution in [0.1, 0.15) is 26.7 Å². The van der Waals surface area contributed by atoms with E-state index in [-0.39, 0.29) is 5.75 Å². The summed E-state index contributed by atoms with van der Waals surface area (Å²) in [5, 5.41) is 10.3. The van der Waals surface area contributed by atoms with Crippen LogP contribution in [0, 0.1) is 0 Å². The van der Waals surface area contributed by atoms with Crippen molar-refractivity contribution in [3.8, 4) is 5.75 Å². The lowest BCUT2D eigenvalue weighted by atomic mass is 10.2. The summed E-state index contributed by atoms with van der Waals surface area (Å²) >= 11 is 0. The average molecular weight is 261 g/mol. The van der Waals surface area contributed by atoms with Crippen LogP contribution in [-0.4, -0.2) is 18.2 Å². The smallest absolute Gasteiger partial charge is 0.339 e. The van der Waals surface area contributed by atoms with Crippen LogP contribution in [0.2, 0.25) is 0 Å². The van der Waals surface area contributed by atoms with Crippen molar-refractivity contribution in [2.45, 2.75) is 26.7 Å². The van der Waals surface area contributed by atoms with Gasteiger partial charge in [-0.3, -0.25) is 0 Å². The van der Waals surface area contributed by atoms with Gasteiger partial charge in [-0.2, -0.15) is 0 Å². The molecule has 2 rings (SSSR count). The highest BCUT2D eigenvalue weighted by Gasteiger charge is 2.09. The maximum atomic E-state index is 11.3. The molecule has 2 aromatic rings. The molecule has 1 aromatic carbocycles. The quantitative estimate of drug-likeness (QED) is 0.840. The van der Waals surface area contributed by atoms with Gasteiger partial charge in [0.2, 0.25) is 0 Å². The highest BCUT2D eigenvalue weighted by molar-refractivity contribution is 5.85. The molecule has 102 valence electrons. The summed E-state index contributed by atoms with van der Waals surface area (Å²) in [5.41, 5.74) is 0.921. The Hall–Kier alpha value is -1.97. The normalized spacial score (nSPS) is 10.8. The molecule has 0 atom stereocenters. The predicted octanol–water partition coefficient (Wildman–Crippen LogP) is 3.13. The highest BCUT2D eigenvalue weighted by atomic mass is 16.4. The summed E-state index contributed by atoms with van der Waals surface area (Å²) in [6.45, 7) is 6.19. The molecular formula is C15H19NO3. The van der Waals surface area contributed by atoms with Gasteiger partial charge in [0, 0.05) is 24.8 Å². The second-order valence-corrected chi connectivity index (χ2v) is 4.62. The molecule has 0 unspecified atom stereocenters. The van der Waals surface area contributed by atoms with Crippen molar-refractivity contribution in [2.24, 2.45) is 0 Å². The maximum absolute atomic E-state index is 11.3. The lowest BCUT2D eigenvalue weighted by Gasteiger charge is -2.23. The monoisotopic (exact) mass is 261 g/mol. The lowest BCUT2D eigenvalue weighted by molar-refractivity contribution is 0.468. The molecule has 19 heavy (non-hydrogen) atoms. The number of aromatic hydroxyl groups is 1. The van der Waals surface area contributed by atoms with Crippen LogP contribution in [-0.2, 0) is 0 Å². The molecule has 0 aliphatic heterocycles. The first-order valence-electron chi connectivity index (χ1n) is 6.67. The number of rotatable bonds is 5. The molecule has 1 heterocycles. The molecule has 0 saturated heterocycles. The standard InChI is InChI=1S/C15H19NO3/c1-3-7-16(8-4-2)11-5-6-12-13(17)10-15(18)19-14(12)9-11/h5-6,9-10,17H,3-4,7-8H2,1-2H3. The fraction of sp³-hybridized carbons (Fsp3) is 0.400. The average Bonchev–Trinajstić information content (AvgIpc) is 2.37. The molecule has 0 amide bonds. The van der Waals surface area contributed by atoms with E-state index >= 15 is 0 Å². The van der Waals surface area contributed by atoms with Gasteiger partial charge in [-0.25, -0.2) is 4.79 Å². The van der Waals surface area contributed by atoms with Gasteiger partial charge in [0.05, 0.1) is 11.5 Å². The van der Waals surface area contributed by atoms with E-state index in [0.29, 0.717) is 11.0 Å². The van der Waals surface area contributed by atoms with E-state index in [1.807, 2.05) is 12.1 Å². The SMILES string of the molecule is CCCN(CCC)c1ccc2c(O)cc(=O)oc2c1. The number of anilines is 1. The van der Waals surface area contributed by atoms with E-state index in [0.717, 1.165) is 37.7 Å². The van der Waals surface area contributed by atoms with Crippen molar-refractivity contribution in [1.82, 2.24) is 0 Å². The van der Waals surface area contributed by atoms with Crippen molar-refractivity contribution in [1.29, 1.82) is 0 Å². The summed E-state index contributed by atoms with van der Waals surface area (Å²) in [7, 11) is 0. The predicted molar refractivity (Wildman–Crippen MR) is 76.9 cm³/mol. The van der Waals surface area contributed by atoms with E-state index in [1.54, 1.807) is 6.07 Å². The summed E-state index contributed by atoms with van der Waals surface area (Å²) in [5.74, 6) is -0.0321. The van der Waals surface area contributed by atoms with E-state index in [1.165, 1.54) is 0 Å². The zero-order chi connectivity index (χ0) is 13.8. The number of benzene rings is 1. The molecule has 0 fully saturated rings. The van der Waals surface area contributed by atoms with Crippen molar-refractivity contribution in [3.05, 3.63) is 34.7 Å². The summed E-state index contributed by atoms with van der Waals surface area (Å²) in [4.78, 5) is 13.6. The first-order valence-corrected chi connectivity index (χ1v) is 6.67. The first-order chi connectivity index (χ1) is 9.15. The zero-order valence-electron chi connectivity index (χ0n) is 11.3. The minimum absolute atomic E-state index is 0.0321. The minimum atomic E-state index is -0.528. The van der Waals surface area contributed by atoms with E-state index in [2.05, 4.69) is 18.7 Å². The minimum Gasteiger partial charge on any atom is -0.507 e. The summed E-state index contributed by atoms with van der Waals surface area (Å²) in [6, 6.07) is 6.66. The van der Waals surface area contributed by atoms with Gasteiger partial charge < -0.3 is 14.4 Å². The van der Waals surface area contributed by atoms with Gasteiger partial charge in [-0.15, -0.1) is 0 Å². The van der Waals surface area contributed by atoms with Crippen molar-refractivity contribution >= 4 is 16.7 Å². The van der Waals surface area contributed by atoms with E-state index < -0.39 is 5.63 Å². The second-order valence-electron chi connectivity index (χ2n) is 4.62. The Morgan fingerprint density at radius 1 is 1.16 bits per heavy atom. The molecule has 0 saturated carbocycles. The molecule has 0 radical (unpaired) electrons. The van der Waals surface area contributed by atoms with Crippen LogP contribution in [0.4, 0.5) is 5.69 Å². The summed E-state index contributed by atoms with van der Waals surface area (Å²) < 4.78 is 5.15. The Morgan fingerprint density at radius 2 is 1.84 bits per heavy atom. The lowest BCUT2D eigenvalue weighted by Crippen LogP contribution is -2.24. The Balaban J connectivity index is 2.47. The van der Waals surface area contributed by atoms with Gasteiger partial charge in [0.25, 0.3) is 0 Å². The number of hydrogen-bond acceptors (Lipinski definition) is 4. The first kappa shape index (κ1) is 13.5. The van der Waals surface area contributed by atoms with Gasteiger partial charge in [-0.1, -0.05) is 13.8 Å². The van der Waals surface area contributed by atoms with Gasteiger partial charge in [0.1, 0.15) is 11.3 Å². The Labute approximate surface area is 112 Å². The van der Waals surface area contributed by atoms with Crippen LogP contribution in [0.25, 0.3) is 11.0 Å². The van der Waals surface area contributed by atoms with Crippen LogP contribution >= 0.6 is 0 Å². The Morgan fingerprint density at radius 3 is 2.47 bits per heavy atom. The molecule has 0 aliphatic rings. The van der Waals surface area contributed by atoms with Gasteiger partial charge in [-0.05, 0) is 25.0 Å². The van der Waals surface area contributed by atoms with Crippen LogP contribution in [0.15, 0.2) is 33.5 Å². The topological polar surface area (TPSA) is 53.7 Å². The molecule has 1 aromatic heterocycles. The van der Waals surface area contributed by atoms with Crippen molar-refractivity contribution in [3.63, 3.8) is 0 Å².